The molecule has 14 heavy (non-hydrogen) atoms. The average Bonchev–Trinajstić information content (AvgIpc) is 2.15. The molecule has 4 nitrogen and oxygen atoms in total. The van der Waals surface area contributed by atoms with E-state index in [1.165, 1.54) is 26.4 Å². The van der Waals surface area contributed by atoms with Crippen LogP contribution in [0.4, 0.5) is 0 Å². The first-order valence-electron chi connectivity index (χ1n) is 3.87. The first-order chi connectivity index (χ1) is 6.69. The molecule has 1 aromatic rings. The highest BCUT2D eigenvalue weighted by Crippen LogP contribution is 2.38. The van der Waals surface area contributed by atoms with Gasteiger partial charge in [-0.25, -0.2) is 0 Å². The number of rotatable bonds is 4. The minimum atomic E-state index is 0.110. The molecule has 1 rings (SSSR count). The van der Waals surface area contributed by atoms with E-state index in [4.69, 9.17) is 14.2 Å². The van der Waals surface area contributed by atoms with Crippen LogP contribution in [0, 0.1) is 0 Å². The third-order valence-corrected chi connectivity index (χ3v) is 2.12. The monoisotopic (exact) mass is 262 g/mol. The van der Waals surface area contributed by atoms with Crippen LogP contribution in [0.5, 0.6) is 17.2 Å². The molecule has 0 radical (unpaired) electrons. The Labute approximate surface area is 90.5 Å². The molecule has 1 aromatic carbocycles. The molecular weight excluding hydrogens is 252 g/mol. The van der Waals surface area contributed by atoms with E-state index >= 15 is 0 Å². The molecule has 1 N–H and O–H groups in total. The first kappa shape index (κ1) is 11.1. The van der Waals surface area contributed by atoms with Gasteiger partial charge in [0.1, 0.15) is 5.75 Å². The number of halogens is 1. The molecule has 78 valence electrons. The molecule has 0 aliphatic heterocycles. The highest BCUT2D eigenvalue weighted by atomic mass is 79.9. The molecule has 0 atom stereocenters. The highest BCUT2D eigenvalue weighted by molar-refractivity contribution is 9.10. The van der Waals surface area contributed by atoms with Gasteiger partial charge in [0.25, 0.3) is 0 Å². The molecule has 0 fully saturated rings. The summed E-state index contributed by atoms with van der Waals surface area (Å²) < 4.78 is 15.7. The van der Waals surface area contributed by atoms with E-state index < -0.39 is 0 Å². The zero-order valence-corrected chi connectivity index (χ0v) is 9.50. The van der Waals surface area contributed by atoms with E-state index in [0.717, 1.165) is 0 Å². The highest BCUT2D eigenvalue weighted by Gasteiger charge is 2.10. The number of phenolic OH excluding ortho intramolecular Hbond substituents is 1. The molecule has 0 unspecified atom stereocenters. The van der Waals surface area contributed by atoms with Crippen molar-refractivity contribution < 1.29 is 19.3 Å². The molecule has 0 heterocycles. The van der Waals surface area contributed by atoms with Gasteiger partial charge < -0.3 is 19.3 Å². The third-order valence-electron chi connectivity index (χ3n) is 1.54. The second-order valence-electron chi connectivity index (χ2n) is 2.51. The molecule has 0 aromatic heterocycles. The van der Waals surface area contributed by atoms with Crippen molar-refractivity contribution in [2.75, 3.05) is 21.0 Å². The molecule has 0 aliphatic carbocycles. The molecule has 0 amide bonds. The van der Waals surface area contributed by atoms with Crippen molar-refractivity contribution in [1.29, 1.82) is 0 Å². The number of benzene rings is 1. The second kappa shape index (κ2) is 5.07. The van der Waals surface area contributed by atoms with Crippen molar-refractivity contribution in [3.63, 3.8) is 0 Å². The Balaban J connectivity index is 2.99. The minimum absolute atomic E-state index is 0.110. The normalized spacial score (nSPS) is 9.93. The van der Waals surface area contributed by atoms with E-state index in [1.54, 1.807) is 0 Å². The maximum atomic E-state index is 9.28. The lowest BCUT2D eigenvalue weighted by Gasteiger charge is -2.11. The Morgan fingerprint density at radius 1 is 1.36 bits per heavy atom. The Hall–Kier alpha value is -0.940. The van der Waals surface area contributed by atoms with Crippen molar-refractivity contribution in [3.8, 4) is 17.2 Å². The van der Waals surface area contributed by atoms with Gasteiger partial charge in [-0.3, -0.25) is 0 Å². The van der Waals surface area contributed by atoms with E-state index in [9.17, 15) is 5.11 Å². The van der Waals surface area contributed by atoms with Gasteiger partial charge in [-0.2, -0.15) is 0 Å². The van der Waals surface area contributed by atoms with Gasteiger partial charge >= 0.3 is 0 Å². The summed E-state index contributed by atoms with van der Waals surface area (Å²) in [5.41, 5.74) is 0. The smallest absolute Gasteiger partial charge is 0.188 e. The summed E-state index contributed by atoms with van der Waals surface area (Å²) in [6, 6.07) is 2.99. The number of aromatic hydroxyl groups is 1. The molecule has 0 saturated carbocycles. The molecule has 0 saturated heterocycles. The lowest BCUT2D eigenvalue weighted by atomic mass is 10.3. The Bertz CT molecular complexity index is 314. The van der Waals surface area contributed by atoms with Crippen LogP contribution >= 0.6 is 15.9 Å². The molecule has 5 heteroatoms. The SMILES string of the molecule is COCOc1c(Br)cc(O)cc1OC. The van der Waals surface area contributed by atoms with Crippen LogP contribution in [-0.2, 0) is 4.74 Å². The number of hydrogen-bond donors (Lipinski definition) is 1. The Kier molecular flexibility index (Phi) is 4.03. The van der Waals surface area contributed by atoms with Gasteiger partial charge in [-0.15, -0.1) is 0 Å². The largest absolute Gasteiger partial charge is 0.508 e. The fourth-order valence-corrected chi connectivity index (χ4v) is 1.51. The third kappa shape index (κ3) is 2.52. The van der Waals surface area contributed by atoms with Gasteiger partial charge in [-0.1, -0.05) is 0 Å². The summed E-state index contributed by atoms with van der Waals surface area (Å²) in [5.74, 6) is 1.07. The van der Waals surface area contributed by atoms with Gasteiger partial charge in [0.05, 0.1) is 11.6 Å². The van der Waals surface area contributed by atoms with Crippen molar-refractivity contribution in [2.24, 2.45) is 0 Å². The van der Waals surface area contributed by atoms with Crippen LogP contribution in [0.3, 0.4) is 0 Å². The molecule has 0 aliphatic rings. The van der Waals surface area contributed by atoms with Crippen LogP contribution in [0.2, 0.25) is 0 Å². The van der Waals surface area contributed by atoms with Crippen molar-refractivity contribution in [2.45, 2.75) is 0 Å². The zero-order valence-electron chi connectivity index (χ0n) is 7.91. The van der Waals surface area contributed by atoms with Crippen molar-refractivity contribution in [3.05, 3.63) is 16.6 Å². The summed E-state index contributed by atoms with van der Waals surface area (Å²) in [4.78, 5) is 0. The number of ether oxygens (including phenoxy) is 3. The van der Waals surface area contributed by atoms with E-state index in [1.807, 2.05) is 0 Å². The van der Waals surface area contributed by atoms with Crippen LogP contribution in [0.15, 0.2) is 16.6 Å². The van der Waals surface area contributed by atoms with Crippen molar-refractivity contribution >= 4 is 15.9 Å². The summed E-state index contributed by atoms with van der Waals surface area (Å²) >= 11 is 3.25. The second-order valence-corrected chi connectivity index (χ2v) is 3.36. The van der Waals surface area contributed by atoms with E-state index in [-0.39, 0.29) is 12.5 Å². The van der Waals surface area contributed by atoms with Gasteiger partial charge in [0.2, 0.25) is 0 Å². The summed E-state index contributed by atoms with van der Waals surface area (Å²) in [6.45, 7) is 0.125. The predicted molar refractivity (Wildman–Crippen MR) is 54.9 cm³/mol. The van der Waals surface area contributed by atoms with Crippen molar-refractivity contribution in [1.82, 2.24) is 0 Å². The maximum absolute atomic E-state index is 9.28. The Morgan fingerprint density at radius 3 is 2.64 bits per heavy atom. The standard InChI is InChI=1S/C9H11BrO4/c1-12-5-14-9-7(10)3-6(11)4-8(9)13-2/h3-4,11H,5H2,1-2H3. The summed E-state index contributed by atoms with van der Waals surface area (Å²) in [6.07, 6.45) is 0. The number of methoxy groups -OCH3 is 2. The average molecular weight is 263 g/mol. The summed E-state index contributed by atoms with van der Waals surface area (Å²) in [5, 5.41) is 9.28. The Morgan fingerprint density at radius 2 is 2.07 bits per heavy atom. The fraction of sp³-hybridized carbons (Fsp3) is 0.333. The summed E-state index contributed by atoms with van der Waals surface area (Å²) in [7, 11) is 3.03. The minimum Gasteiger partial charge on any atom is -0.508 e. The predicted octanol–water partition coefficient (Wildman–Crippen LogP) is 2.15. The lowest BCUT2D eigenvalue weighted by Crippen LogP contribution is -2.01. The molecule has 0 spiro atoms. The molecular formula is C9H11BrO4. The van der Waals surface area contributed by atoms with Crippen LogP contribution in [0.25, 0.3) is 0 Å². The first-order valence-corrected chi connectivity index (χ1v) is 4.66. The quantitative estimate of drug-likeness (QED) is 0.845. The number of hydrogen-bond acceptors (Lipinski definition) is 4. The van der Waals surface area contributed by atoms with E-state index in [0.29, 0.717) is 16.0 Å². The topological polar surface area (TPSA) is 47.9 Å². The van der Waals surface area contributed by atoms with Gasteiger partial charge in [-0.05, 0) is 22.0 Å². The number of phenols is 1. The fourth-order valence-electron chi connectivity index (χ4n) is 0.964. The molecule has 0 bridgehead atoms. The van der Waals surface area contributed by atoms with Crippen LogP contribution < -0.4 is 9.47 Å². The van der Waals surface area contributed by atoms with E-state index in [2.05, 4.69) is 15.9 Å². The maximum Gasteiger partial charge on any atom is 0.188 e. The van der Waals surface area contributed by atoms with Gasteiger partial charge in [0.15, 0.2) is 18.3 Å². The van der Waals surface area contributed by atoms with Crippen LogP contribution in [-0.4, -0.2) is 26.1 Å². The van der Waals surface area contributed by atoms with Crippen LogP contribution in [0.1, 0.15) is 0 Å². The zero-order chi connectivity index (χ0) is 10.6. The lowest BCUT2D eigenvalue weighted by molar-refractivity contribution is 0.0485. The van der Waals surface area contributed by atoms with Gasteiger partial charge in [0, 0.05) is 13.2 Å².